The summed E-state index contributed by atoms with van der Waals surface area (Å²) < 4.78 is 30.3. The largest absolute Gasteiger partial charge is 0.383 e. The summed E-state index contributed by atoms with van der Waals surface area (Å²) in [5.41, 5.74) is 3.47. The van der Waals surface area contributed by atoms with Crippen LogP contribution in [0.4, 0.5) is 5.82 Å². The van der Waals surface area contributed by atoms with Gasteiger partial charge in [0.2, 0.25) is 0 Å². The molecule has 0 spiro atoms. The number of fused-ring (bicyclic) bond motifs is 1. The molecule has 150 valence electrons. The third-order valence-corrected chi connectivity index (χ3v) is 5.84. The number of nitrogens with zero attached hydrogens (tertiary/aromatic N) is 2. The van der Waals surface area contributed by atoms with Crippen LogP contribution in [0.2, 0.25) is 0 Å². The van der Waals surface area contributed by atoms with Crippen LogP contribution in [0.3, 0.4) is 0 Å². The van der Waals surface area contributed by atoms with Crippen LogP contribution in [0.1, 0.15) is 22.4 Å². The van der Waals surface area contributed by atoms with Crippen molar-refractivity contribution >= 4 is 27.5 Å². The molecule has 2 heterocycles. The molecule has 9 nitrogen and oxygen atoms in total. The number of hydrogen-bond donors (Lipinski definition) is 2. The third kappa shape index (κ3) is 4.07. The van der Waals surface area contributed by atoms with Gasteiger partial charge in [0.15, 0.2) is 9.84 Å². The Morgan fingerprint density at radius 1 is 1.21 bits per heavy atom. The van der Waals surface area contributed by atoms with Crippen molar-refractivity contribution < 1.29 is 22.7 Å². The Kier molecular flexibility index (Phi) is 5.52. The molecule has 0 radical (unpaired) electrons. The molecular formula is C18H22N4O5S. The summed E-state index contributed by atoms with van der Waals surface area (Å²) in [5.74, 6) is -1.94. The summed E-state index contributed by atoms with van der Waals surface area (Å²) in [6.07, 6.45) is 0. The highest BCUT2D eigenvalue weighted by atomic mass is 32.2. The van der Waals surface area contributed by atoms with Crippen LogP contribution in [0.25, 0.3) is 5.69 Å². The molecule has 1 aromatic carbocycles. The zero-order valence-electron chi connectivity index (χ0n) is 15.9. The fraction of sp³-hybridized carbons (Fsp3) is 0.389. The van der Waals surface area contributed by atoms with Crippen LogP contribution < -0.4 is 10.6 Å². The fourth-order valence-corrected chi connectivity index (χ4v) is 4.59. The van der Waals surface area contributed by atoms with Gasteiger partial charge in [-0.3, -0.25) is 9.59 Å². The quantitative estimate of drug-likeness (QED) is 0.555. The number of hydrogen-bond acceptors (Lipinski definition) is 6. The summed E-state index contributed by atoms with van der Waals surface area (Å²) >= 11 is 0. The molecular weight excluding hydrogens is 384 g/mol. The summed E-state index contributed by atoms with van der Waals surface area (Å²) in [6, 6.07) is 5.70. The first-order valence-corrected chi connectivity index (χ1v) is 10.5. The Bertz CT molecular complexity index is 1040. The molecule has 0 bridgehead atoms. The lowest BCUT2D eigenvalue weighted by atomic mass is 10.1. The first-order chi connectivity index (χ1) is 13.2. The molecule has 0 atom stereocenters. The van der Waals surface area contributed by atoms with E-state index in [2.05, 4.69) is 15.7 Å². The lowest BCUT2D eigenvalue weighted by Crippen LogP contribution is -2.37. The second-order valence-corrected chi connectivity index (χ2v) is 8.78. The van der Waals surface area contributed by atoms with E-state index >= 15 is 0 Å². The number of amides is 2. The SMILES string of the molecule is COCCNC(=O)C(=O)Nc1c2c(nn1-c1ccc(C)cc1C)CS(=O)(=O)C2. The van der Waals surface area contributed by atoms with Crippen LogP contribution in [0.5, 0.6) is 0 Å². The number of ether oxygens (including phenoxy) is 1. The summed E-state index contributed by atoms with van der Waals surface area (Å²) in [4.78, 5) is 24.3. The van der Waals surface area contributed by atoms with Gasteiger partial charge in [-0.05, 0) is 25.5 Å². The van der Waals surface area contributed by atoms with Crippen molar-refractivity contribution in [3.63, 3.8) is 0 Å². The zero-order chi connectivity index (χ0) is 20.5. The van der Waals surface area contributed by atoms with Crippen molar-refractivity contribution in [1.29, 1.82) is 0 Å². The van der Waals surface area contributed by atoms with Crippen LogP contribution in [-0.4, -0.2) is 50.3 Å². The standard InChI is InChI=1S/C18H22N4O5S/c1-11-4-5-15(12(2)8-11)22-16(13-9-28(25,26)10-14(13)21-22)20-18(24)17(23)19-6-7-27-3/h4-5,8H,6-7,9-10H2,1-3H3,(H,19,23)(H,20,24). The van der Waals surface area contributed by atoms with Crippen LogP contribution in [0.15, 0.2) is 18.2 Å². The number of aromatic nitrogens is 2. The van der Waals surface area contributed by atoms with Gasteiger partial charge in [0.05, 0.1) is 29.5 Å². The Balaban J connectivity index is 1.97. The van der Waals surface area contributed by atoms with E-state index < -0.39 is 21.7 Å². The summed E-state index contributed by atoms with van der Waals surface area (Å²) in [5, 5.41) is 9.38. The number of methoxy groups -OCH3 is 1. The predicted octanol–water partition coefficient (Wildman–Crippen LogP) is 0.619. The van der Waals surface area contributed by atoms with Gasteiger partial charge in [-0.1, -0.05) is 17.7 Å². The van der Waals surface area contributed by atoms with E-state index in [1.165, 1.54) is 11.8 Å². The minimum absolute atomic E-state index is 0.186. The Labute approximate surface area is 163 Å². The molecule has 0 fully saturated rings. The third-order valence-electron chi connectivity index (χ3n) is 4.40. The number of rotatable bonds is 5. The van der Waals surface area contributed by atoms with Gasteiger partial charge >= 0.3 is 11.8 Å². The molecule has 1 aromatic heterocycles. The van der Waals surface area contributed by atoms with Crippen LogP contribution in [-0.2, 0) is 35.7 Å². The lowest BCUT2D eigenvalue weighted by molar-refractivity contribution is -0.136. The van der Waals surface area contributed by atoms with Crippen LogP contribution in [0, 0.1) is 13.8 Å². The van der Waals surface area contributed by atoms with E-state index in [4.69, 9.17) is 4.74 Å². The molecule has 0 saturated carbocycles. The topological polar surface area (TPSA) is 119 Å². The predicted molar refractivity (Wildman–Crippen MR) is 103 cm³/mol. The van der Waals surface area contributed by atoms with Crippen molar-refractivity contribution in [2.24, 2.45) is 0 Å². The summed E-state index contributed by atoms with van der Waals surface area (Å²) in [6.45, 7) is 4.31. The maximum absolute atomic E-state index is 12.3. The van der Waals surface area contributed by atoms with Gasteiger partial charge < -0.3 is 15.4 Å². The normalized spacial score (nSPS) is 14.5. The van der Waals surface area contributed by atoms with Crippen molar-refractivity contribution in [3.8, 4) is 5.69 Å². The lowest BCUT2D eigenvalue weighted by Gasteiger charge is -2.13. The second-order valence-electron chi connectivity index (χ2n) is 6.71. The van der Waals surface area contributed by atoms with Gasteiger partial charge in [0.1, 0.15) is 5.82 Å². The molecule has 10 heteroatoms. The number of benzene rings is 1. The Hall–Kier alpha value is -2.72. The van der Waals surface area contributed by atoms with Gasteiger partial charge in [-0.2, -0.15) is 5.10 Å². The number of carbonyl (C=O) groups is 2. The molecule has 28 heavy (non-hydrogen) atoms. The number of carbonyl (C=O) groups excluding carboxylic acids is 2. The zero-order valence-corrected chi connectivity index (χ0v) is 16.7. The van der Waals surface area contributed by atoms with E-state index in [1.54, 1.807) is 0 Å². The maximum Gasteiger partial charge on any atom is 0.314 e. The fourth-order valence-electron chi connectivity index (χ4n) is 3.10. The first-order valence-electron chi connectivity index (χ1n) is 8.69. The number of aryl methyl sites for hydroxylation is 2. The minimum atomic E-state index is -3.32. The van der Waals surface area contributed by atoms with Crippen molar-refractivity contribution in [2.45, 2.75) is 25.4 Å². The van der Waals surface area contributed by atoms with Crippen molar-refractivity contribution in [2.75, 3.05) is 25.6 Å². The number of anilines is 1. The van der Waals surface area contributed by atoms with E-state index in [9.17, 15) is 18.0 Å². The molecule has 0 unspecified atom stereocenters. The van der Waals surface area contributed by atoms with Gasteiger partial charge in [0, 0.05) is 19.2 Å². The number of sulfone groups is 1. The molecule has 2 aromatic rings. The maximum atomic E-state index is 12.3. The molecule has 3 rings (SSSR count). The molecule has 2 amide bonds. The monoisotopic (exact) mass is 406 g/mol. The van der Waals surface area contributed by atoms with E-state index in [0.29, 0.717) is 16.9 Å². The number of nitrogens with one attached hydrogen (secondary N) is 2. The van der Waals surface area contributed by atoms with Crippen molar-refractivity contribution in [1.82, 2.24) is 15.1 Å². The molecule has 1 aliphatic heterocycles. The summed E-state index contributed by atoms with van der Waals surface area (Å²) in [7, 11) is -1.83. The molecule has 2 N–H and O–H groups in total. The van der Waals surface area contributed by atoms with Crippen LogP contribution >= 0.6 is 0 Å². The molecule has 0 saturated heterocycles. The van der Waals surface area contributed by atoms with E-state index in [0.717, 1.165) is 11.1 Å². The first kappa shape index (κ1) is 20.0. The molecule has 0 aliphatic carbocycles. The minimum Gasteiger partial charge on any atom is -0.383 e. The highest BCUT2D eigenvalue weighted by Gasteiger charge is 2.34. The molecule has 1 aliphatic rings. The van der Waals surface area contributed by atoms with E-state index in [1.807, 2.05) is 32.0 Å². The Morgan fingerprint density at radius 3 is 2.64 bits per heavy atom. The van der Waals surface area contributed by atoms with Gasteiger partial charge in [0.25, 0.3) is 0 Å². The average molecular weight is 406 g/mol. The van der Waals surface area contributed by atoms with E-state index in [-0.39, 0.29) is 30.5 Å². The highest BCUT2D eigenvalue weighted by molar-refractivity contribution is 7.90. The van der Waals surface area contributed by atoms with Gasteiger partial charge in [-0.25, -0.2) is 13.1 Å². The Morgan fingerprint density at radius 2 is 1.96 bits per heavy atom. The second kappa shape index (κ2) is 7.72. The highest BCUT2D eigenvalue weighted by Crippen LogP contribution is 2.33. The van der Waals surface area contributed by atoms with Crippen molar-refractivity contribution in [3.05, 3.63) is 40.6 Å². The smallest absolute Gasteiger partial charge is 0.314 e. The van der Waals surface area contributed by atoms with Gasteiger partial charge in [-0.15, -0.1) is 0 Å². The average Bonchev–Trinajstić information content (AvgIpc) is 3.07.